The Morgan fingerprint density at radius 2 is 1.00 bits per heavy atom. The summed E-state index contributed by atoms with van der Waals surface area (Å²) in [6, 6.07) is 23.6. The number of fused-ring (bicyclic) bond motifs is 2. The number of hydrogen-bond donors (Lipinski definition) is 0. The number of nitrogens with zero attached hydrogens (tertiary/aromatic N) is 4. The van der Waals surface area contributed by atoms with Crippen molar-refractivity contribution in [3.63, 3.8) is 0 Å². The van der Waals surface area contributed by atoms with E-state index in [1.165, 1.54) is 0 Å². The molecule has 47 heavy (non-hydrogen) atoms. The van der Waals surface area contributed by atoms with Crippen LogP contribution in [-0.4, -0.2) is 39.3 Å². The molecule has 0 radical (unpaired) electrons. The summed E-state index contributed by atoms with van der Waals surface area (Å²) in [4.78, 5) is 9.68. The zero-order valence-corrected chi connectivity index (χ0v) is 30.0. The molecule has 0 aliphatic rings. The quantitative estimate of drug-likeness (QED) is 0.118. The number of imidazole rings is 2. The molecule has 2 heterocycles. The maximum Gasteiger partial charge on any atom is 0.158 e. The molecular weight excluding hydrogens is 694 g/mol. The van der Waals surface area contributed by atoms with Crippen LogP contribution in [0.15, 0.2) is 72.8 Å². The fraction of sp³-hybridized carbons (Fsp3) is 0.278. The largest absolute Gasteiger partial charge is 0.296 e. The Hall–Kier alpha value is -3.07. The molecule has 0 bridgehead atoms. The first-order chi connectivity index (χ1) is 22.6. The van der Waals surface area contributed by atoms with E-state index in [4.69, 9.17) is 56.4 Å². The molecule has 6 nitrogen and oxygen atoms in total. The molecule has 0 aliphatic heterocycles. The van der Waals surface area contributed by atoms with Crippen LogP contribution in [0.1, 0.15) is 47.8 Å². The van der Waals surface area contributed by atoms with Crippen LogP contribution in [0.4, 0.5) is 0 Å². The fourth-order valence-corrected chi connectivity index (χ4v) is 8.59. The van der Waals surface area contributed by atoms with Crippen LogP contribution in [0, 0.1) is 0 Å². The van der Waals surface area contributed by atoms with Crippen LogP contribution in [0.25, 0.3) is 33.4 Å². The molecule has 0 unspecified atom stereocenters. The fourth-order valence-electron chi connectivity index (χ4n) is 6.02. The van der Waals surface area contributed by atoms with Gasteiger partial charge in [-0.2, -0.15) is 0 Å². The second-order valence-electron chi connectivity index (χ2n) is 11.5. The number of hydrogen-bond acceptors (Lipinski definition) is 4. The Kier molecular flexibility index (Phi) is 10.2. The zero-order chi connectivity index (χ0) is 33.3. The van der Waals surface area contributed by atoms with Gasteiger partial charge >= 0.3 is 0 Å². The number of alkyl halides is 2. The zero-order valence-electron chi connectivity index (χ0n) is 26.1. The maximum atomic E-state index is 13.6. The first-order valence-corrected chi connectivity index (χ1v) is 19.2. The summed E-state index contributed by atoms with van der Waals surface area (Å²) in [6.45, 7) is 4.08. The van der Waals surface area contributed by atoms with Crippen LogP contribution in [0.3, 0.4) is 0 Å². The molecule has 0 amide bonds. The lowest BCUT2D eigenvalue weighted by Crippen LogP contribution is -2.09. The van der Waals surface area contributed by atoms with Crippen molar-refractivity contribution in [2.45, 2.75) is 51.0 Å². The smallest absolute Gasteiger partial charge is 0.158 e. The molecule has 0 fully saturated rings. The minimum atomic E-state index is -3.67. The van der Waals surface area contributed by atoms with Gasteiger partial charge in [-0.15, -0.1) is 23.2 Å². The van der Waals surface area contributed by atoms with Gasteiger partial charge in [-0.1, -0.05) is 61.3 Å². The van der Waals surface area contributed by atoms with E-state index in [2.05, 4.69) is 33.4 Å². The van der Waals surface area contributed by atoms with Crippen molar-refractivity contribution in [3.8, 4) is 11.4 Å². The van der Waals surface area contributed by atoms with Gasteiger partial charge in [0.1, 0.15) is 11.6 Å². The third-order valence-corrected chi connectivity index (χ3v) is 10.9. The Labute approximate surface area is 295 Å². The van der Waals surface area contributed by atoms with E-state index >= 15 is 0 Å². The number of aromatic nitrogens is 4. The van der Waals surface area contributed by atoms with E-state index in [1.807, 2.05) is 38.1 Å². The summed E-state index contributed by atoms with van der Waals surface area (Å²) in [5, 5.41) is 0.738. The van der Waals surface area contributed by atoms with Gasteiger partial charge in [0.25, 0.3) is 0 Å². The first kappa shape index (κ1) is 33.8. The number of benzene rings is 4. The molecule has 6 rings (SSSR count). The molecule has 11 heteroatoms. The summed E-state index contributed by atoms with van der Waals surface area (Å²) in [5.74, 6) is 2.34. The molecule has 4 aromatic carbocycles. The highest BCUT2D eigenvalue weighted by molar-refractivity contribution is 7.89. The van der Waals surface area contributed by atoms with E-state index < -0.39 is 9.84 Å². The number of halogens is 4. The van der Waals surface area contributed by atoms with Crippen LogP contribution in [-0.2, 0) is 47.0 Å². The summed E-state index contributed by atoms with van der Waals surface area (Å²) >= 11 is 25.3. The lowest BCUT2D eigenvalue weighted by Gasteiger charge is -2.12. The molecule has 2 aromatic heterocycles. The van der Waals surface area contributed by atoms with Gasteiger partial charge < -0.3 is 0 Å². The van der Waals surface area contributed by atoms with Gasteiger partial charge in [0.2, 0.25) is 0 Å². The molecule has 0 aliphatic carbocycles. The Morgan fingerprint density at radius 3 is 1.34 bits per heavy atom. The third kappa shape index (κ3) is 7.06. The van der Waals surface area contributed by atoms with E-state index in [0.29, 0.717) is 56.8 Å². The van der Waals surface area contributed by atoms with Crippen molar-refractivity contribution in [1.82, 2.24) is 19.1 Å². The van der Waals surface area contributed by atoms with E-state index in [9.17, 15) is 8.42 Å². The van der Waals surface area contributed by atoms with Crippen molar-refractivity contribution in [3.05, 3.63) is 117 Å². The Balaban J connectivity index is 1.29. The lowest BCUT2D eigenvalue weighted by atomic mass is 10.1. The van der Waals surface area contributed by atoms with Crippen molar-refractivity contribution in [1.29, 1.82) is 0 Å². The topological polar surface area (TPSA) is 69.8 Å². The normalized spacial score (nSPS) is 12.0. The van der Waals surface area contributed by atoms with Crippen molar-refractivity contribution in [2.24, 2.45) is 0 Å². The second kappa shape index (κ2) is 14.2. The molecule has 0 saturated heterocycles. The predicted molar refractivity (Wildman–Crippen MR) is 196 cm³/mol. The van der Waals surface area contributed by atoms with Crippen LogP contribution < -0.4 is 0 Å². The SMILES string of the molecule is CCc1nc2cc(CS(=O)(=O)Cc3cc4nc(CC)n(-c5ccc(CCCl)cc5)c4cc3Cl)c(Cl)cc2n1-c1ccc(CCCl)cc1. The van der Waals surface area contributed by atoms with Crippen LogP contribution >= 0.6 is 46.4 Å². The van der Waals surface area contributed by atoms with Gasteiger partial charge in [-0.05, 0) is 83.6 Å². The molecular formula is C36H34Cl4N4O2S. The summed E-state index contributed by atoms with van der Waals surface area (Å²) < 4.78 is 31.4. The van der Waals surface area contributed by atoms with Crippen molar-refractivity contribution in [2.75, 3.05) is 11.8 Å². The number of rotatable bonds is 12. The van der Waals surface area contributed by atoms with Crippen molar-refractivity contribution >= 4 is 78.3 Å². The number of sulfone groups is 1. The van der Waals surface area contributed by atoms with Gasteiger partial charge in [0.15, 0.2) is 9.84 Å². The second-order valence-corrected chi connectivity index (χ2v) is 15.2. The van der Waals surface area contributed by atoms with Crippen LogP contribution in [0.2, 0.25) is 10.0 Å². The van der Waals surface area contributed by atoms with Gasteiger partial charge in [-0.3, -0.25) is 9.13 Å². The van der Waals surface area contributed by atoms with Crippen LogP contribution in [0.5, 0.6) is 0 Å². The molecule has 6 aromatic rings. The van der Waals surface area contributed by atoms with Gasteiger partial charge in [0, 0.05) is 46.0 Å². The summed E-state index contributed by atoms with van der Waals surface area (Å²) in [7, 11) is -3.67. The highest BCUT2D eigenvalue weighted by atomic mass is 35.5. The van der Waals surface area contributed by atoms with E-state index in [1.54, 1.807) is 24.3 Å². The highest BCUT2D eigenvalue weighted by Crippen LogP contribution is 2.32. The molecule has 0 spiro atoms. The first-order valence-electron chi connectivity index (χ1n) is 15.5. The van der Waals surface area contributed by atoms with Gasteiger partial charge in [-0.25, -0.2) is 18.4 Å². The average Bonchev–Trinajstić information content (AvgIpc) is 3.59. The summed E-state index contributed by atoms with van der Waals surface area (Å²) in [6.07, 6.45) is 2.98. The van der Waals surface area contributed by atoms with Gasteiger partial charge in [0.05, 0.1) is 33.6 Å². The van der Waals surface area contributed by atoms with E-state index in [-0.39, 0.29) is 11.5 Å². The molecule has 0 N–H and O–H groups in total. The monoisotopic (exact) mass is 726 g/mol. The highest BCUT2D eigenvalue weighted by Gasteiger charge is 2.22. The average molecular weight is 729 g/mol. The lowest BCUT2D eigenvalue weighted by molar-refractivity contribution is 0.594. The predicted octanol–water partition coefficient (Wildman–Crippen LogP) is 9.47. The minimum absolute atomic E-state index is 0.249. The molecule has 0 atom stereocenters. The summed E-state index contributed by atoms with van der Waals surface area (Å²) in [5.41, 5.74) is 8.25. The van der Waals surface area contributed by atoms with E-state index in [0.717, 1.165) is 58.0 Å². The minimum Gasteiger partial charge on any atom is -0.296 e. The standard InChI is InChI=1S/C36H34Cl4N4O2S/c1-3-35-41-31-17-25(29(39)19-33(31)43(35)27-9-5-23(6-10-27)13-15-37)21-47(45,46)22-26-18-32-34(20-30(26)40)44(36(4-2)42-32)28-11-7-24(8-12-28)14-16-38/h5-12,17-20H,3-4,13-16,21-22H2,1-2H3. The Morgan fingerprint density at radius 1 is 0.617 bits per heavy atom. The number of aryl methyl sites for hydroxylation is 4. The third-order valence-electron chi connectivity index (χ3n) is 8.32. The molecule has 244 valence electrons. The molecule has 0 saturated carbocycles. The van der Waals surface area contributed by atoms with Crippen molar-refractivity contribution < 1.29 is 8.42 Å². The maximum absolute atomic E-state index is 13.6. The Bertz CT molecular complexity index is 2020.